The monoisotopic (exact) mass is 254 g/mol. The van der Waals surface area contributed by atoms with Gasteiger partial charge in [0, 0.05) is 13.0 Å². The molecule has 0 bridgehead atoms. The molecule has 1 amide bonds. The highest BCUT2D eigenvalue weighted by molar-refractivity contribution is 5.75. The molecule has 0 spiro atoms. The number of hydrogen-bond donors (Lipinski definition) is 2. The molecule has 0 heterocycles. The molecule has 0 radical (unpaired) electrons. The Hall–Kier alpha value is -2.13. The lowest BCUT2D eigenvalue weighted by molar-refractivity contribution is -0.122. The van der Waals surface area contributed by atoms with E-state index in [1.807, 2.05) is 60.7 Å². The van der Waals surface area contributed by atoms with Crippen LogP contribution in [0.3, 0.4) is 0 Å². The van der Waals surface area contributed by atoms with Crippen LogP contribution in [0.2, 0.25) is 0 Å². The predicted octanol–water partition coefficient (Wildman–Crippen LogP) is 2.44. The minimum absolute atomic E-state index is 0.0137. The van der Waals surface area contributed by atoms with E-state index >= 15 is 0 Å². The fourth-order valence-electron chi connectivity index (χ4n) is 1.81. The quantitative estimate of drug-likeness (QED) is 0.777. The molecule has 0 saturated carbocycles. The molecule has 2 N–H and O–H groups in total. The lowest BCUT2D eigenvalue weighted by Gasteiger charge is -2.07. The number of nitrogens with one attached hydrogen (secondary N) is 2. The van der Waals surface area contributed by atoms with Crippen LogP contribution in [0.5, 0.6) is 0 Å². The summed E-state index contributed by atoms with van der Waals surface area (Å²) in [5.41, 5.74) is 7.98. The van der Waals surface area contributed by atoms with Crippen LogP contribution in [0.15, 0.2) is 60.7 Å². The summed E-state index contributed by atoms with van der Waals surface area (Å²) >= 11 is 0. The van der Waals surface area contributed by atoms with Crippen molar-refractivity contribution in [2.75, 3.05) is 0 Å². The minimum Gasteiger partial charge on any atom is -0.291 e. The number of amides is 1. The van der Waals surface area contributed by atoms with Crippen LogP contribution < -0.4 is 10.9 Å². The lowest BCUT2D eigenvalue weighted by Crippen LogP contribution is -2.36. The predicted molar refractivity (Wildman–Crippen MR) is 76.2 cm³/mol. The second-order valence-electron chi connectivity index (χ2n) is 4.37. The molecule has 0 aliphatic carbocycles. The van der Waals surface area contributed by atoms with Gasteiger partial charge in [0.1, 0.15) is 0 Å². The summed E-state index contributed by atoms with van der Waals surface area (Å²) < 4.78 is 0. The van der Waals surface area contributed by atoms with Crippen LogP contribution in [0.1, 0.15) is 17.5 Å². The number of rotatable bonds is 6. The van der Waals surface area contributed by atoms with Crippen LogP contribution >= 0.6 is 0 Å². The maximum Gasteiger partial charge on any atom is 0.234 e. The number of aryl methyl sites for hydroxylation is 1. The number of benzene rings is 2. The van der Waals surface area contributed by atoms with Crippen LogP contribution in [-0.4, -0.2) is 5.91 Å². The molecule has 0 atom stereocenters. The Morgan fingerprint density at radius 1 is 0.842 bits per heavy atom. The van der Waals surface area contributed by atoms with Gasteiger partial charge in [0.05, 0.1) is 0 Å². The summed E-state index contributed by atoms with van der Waals surface area (Å²) in [6, 6.07) is 20.0. The molecule has 3 nitrogen and oxygen atoms in total. The maximum absolute atomic E-state index is 11.6. The zero-order valence-electron chi connectivity index (χ0n) is 10.8. The Kier molecular flexibility index (Phi) is 5.14. The van der Waals surface area contributed by atoms with Crippen molar-refractivity contribution in [3.05, 3.63) is 71.8 Å². The van der Waals surface area contributed by atoms with E-state index in [4.69, 9.17) is 0 Å². The Bertz CT molecular complexity index is 497. The van der Waals surface area contributed by atoms with E-state index in [9.17, 15) is 4.79 Å². The summed E-state index contributed by atoms with van der Waals surface area (Å²) in [6.07, 6.45) is 1.26. The van der Waals surface area contributed by atoms with Crippen LogP contribution in [0.25, 0.3) is 0 Å². The zero-order valence-corrected chi connectivity index (χ0v) is 10.8. The topological polar surface area (TPSA) is 41.1 Å². The van der Waals surface area contributed by atoms with Gasteiger partial charge in [-0.3, -0.25) is 10.2 Å². The summed E-state index contributed by atoms with van der Waals surface area (Å²) in [5.74, 6) is 0.0137. The first-order valence-corrected chi connectivity index (χ1v) is 6.44. The molecule has 0 aliphatic rings. The van der Waals surface area contributed by atoms with E-state index in [1.54, 1.807) is 0 Å². The van der Waals surface area contributed by atoms with Crippen molar-refractivity contribution in [3.63, 3.8) is 0 Å². The van der Waals surface area contributed by atoms with Crippen molar-refractivity contribution < 1.29 is 4.79 Å². The summed E-state index contributed by atoms with van der Waals surface area (Å²) in [5, 5.41) is 0. The molecular weight excluding hydrogens is 236 g/mol. The fraction of sp³-hybridized carbons (Fsp3) is 0.188. The van der Waals surface area contributed by atoms with E-state index in [1.165, 1.54) is 5.56 Å². The molecule has 0 aliphatic heterocycles. The van der Waals surface area contributed by atoms with Crippen molar-refractivity contribution in [1.29, 1.82) is 0 Å². The molecule has 0 fully saturated rings. The Labute approximate surface area is 113 Å². The van der Waals surface area contributed by atoms with Gasteiger partial charge in [-0.2, -0.15) is 0 Å². The molecule has 19 heavy (non-hydrogen) atoms. The average Bonchev–Trinajstić information content (AvgIpc) is 2.47. The molecule has 2 rings (SSSR count). The van der Waals surface area contributed by atoms with Gasteiger partial charge in [-0.15, -0.1) is 0 Å². The van der Waals surface area contributed by atoms with Crippen LogP contribution in [0, 0.1) is 0 Å². The molecule has 2 aromatic carbocycles. The van der Waals surface area contributed by atoms with Gasteiger partial charge in [-0.25, -0.2) is 5.43 Å². The summed E-state index contributed by atoms with van der Waals surface area (Å²) in [6.45, 7) is 0.637. The SMILES string of the molecule is O=C(CCc1ccccc1)NNCc1ccccc1. The normalized spacial score (nSPS) is 10.1. The highest BCUT2D eigenvalue weighted by atomic mass is 16.2. The second-order valence-corrected chi connectivity index (χ2v) is 4.37. The Morgan fingerprint density at radius 2 is 1.42 bits per heavy atom. The first-order valence-electron chi connectivity index (χ1n) is 6.44. The van der Waals surface area contributed by atoms with E-state index in [2.05, 4.69) is 10.9 Å². The van der Waals surface area contributed by atoms with Gasteiger partial charge in [-0.1, -0.05) is 60.7 Å². The third-order valence-corrected chi connectivity index (χ3v) is 2.85. The van der Waals surface area contributed by atoms with Gasteiger partial charge in [0.15, 0.2) is 0 Å². The molecule has 3 heteroatoms. The molecule has 98 valence electrons. The Morgan fingerprint density at radius 3 is 2.05 bits per heavy atom. The van der Waals surface area contributed by atoms with Gasteiger partial charge in [0.2, 0.25) is 5.91 Å². The van der Waals surface area contributed by atoms with Crippen molar-refractivity contribution in [1.82, 2.24) is 10.9 Å². The number of hydrogen-bond acceptors (Lipinski definition) is 2. The Balaban J connectivity index is 1.65. The van der Waals surface area contributed by atoms with Gasteiger partial charge in [0.25, 0.3) is 0 Å². The third-order valence-electron chi connectivity index (χ3n) is 2.85. The largest absolute Gasteiger partial charge is 0.291 e. The van der Waals surface area contributed by atoms with E-state index in [-0.39, 0.29) is 5.91 Å². The molecule has 0 saturated heterocycles. The highest BCUT2D eigenvalue weighted by Gasteiger charge is 2.01. The summed E-state index contributed by atoms with van der Waals surface area (Å²) in [7, 11) is 0. The van der Waals surface area contributed by atoms with Crippen molar-refractivity contribution in [3.8, 4) is 0 Å². The summed E-state index contributed by atoms with van der Waals surface area (Å²) in [4.78, 5) is 11.6. The average molecular weight is 254 g/mol. The minimum atomic E-state index is 0.0137. The second kappa shape index (κ2) is 7.34. The maximum atomic E-state index is 11.6. The first kappa shape index (κ1) is 13.3. The third kappa shape index (κ3) is 4.94. The lowest BCUT2D eigenvalue weighted by atomic mass is 10.1. The zero-order chi connectivity index (χ0) is 13.3. The van der Waals surface area contributed by atoms with Gasteiger partial charge < -0.3 is 0 Å². The molecular formula is C16H18N2O. The first-order chi connectivity index (χ1) is 9.34. The van der Waals surface area contributed by atoms with Crippen molar-refractivity contribution in [2.45, 2.75) is 19.4 Å². The van der Waals surface area contributed by atoms with Crippen molar-refractivity contribution >= 4 is 5.91 Å². The van der Waals surface area contributed by atoms with E-state index < -0.39 is 0 Å². The number of hydrazine groups is 1. The smallest absolute Gasteiger partial charge is 0.234 e. The highest BCUT2D eigenvalue weighted by Crippen LogP contribution is 2.02. The van der Waals surface area contributed by atoms with Gasteiger partial charge >= 0.3 is 0 Å². The fourth-order valence-corrected chi connectivity index (χ4v) is 1.81. The molecule has 0 unspecified atom stereocenters. The number of carbonyl (C=O) groups excluding carboxylic acids is 1. The van der Waals surface area contributed by atoms with E-state index in [0.29, 0.717) is 13.0 Å². The number of carbonyl (C=O) groups is 1. The van der Waals surface area contributed by atoms with Crippen molar-refractivity contribution in [2.24, 2.45) is 0 Å². The van der Waals surface area contributed by atoms with Crippen LogP contribution in [-0.2, 0) is 17.8 Å². The standard InChI is InChI=1S/C16H18N2O/c19-16(12-11-14-7-3-1-4-8-14)18-17-13-15-9-5-2-6-10-15/h1-10,17H,11-13H2,(H,18,19). The molecule has 0 aromatic heterocycles. The van der Waals surface area contributed by atoms with Crippen LogP contribution in [0.4, 0.5) is 0 Å². The van der Waals surface area contributed by atoms with Gasteiger partial charge in [-0.05, 0) is 17.5 Å². The molecule has 2 aromatic rings. The van der Waals surface area contributed by atoms with E-state index in [0.717, 1.165) is 12.0 Å².